The fraction of sp³-hybridized carbons (Fsp3) is 0.286. The van der Waals surface area contributed by atoms with Gasteiger partial charge in [0.1, 0.15) is 5.82 Å². The van der Waals surface area contributed by atoms with Gasteiger partial charge in [0.05, 0.1) is 11.6 Å². The minimum atomic E-state index is -0.942. The first-order valence-corrected chi connectivity index (χ1v) is 6.95. The SMILES string of the molecule is CC(C)C(Nc1cc(C(=O)O)ccn1)c1cccs1. The molecule has 2 heterocycles. The van der Waals surface area contributed by atoms with Gasteiger partial charge in [0.25, 0.3) is 0 Å². The quantitative estimate of drug-likeness (QED) is 0.875. The van der Waals surface area contributed by atoms with E-state index in [9.17, 15) is 4.79 Å². The van der Waals surface area contributed by atoms with Gasteiger partial charge >= 0.3 is 5.97 Å². The van der Waals surface area contributed by atoms with Crippen molar-refractivity contribution in [3.8, 4) is 0 Å². The summed E-state index contributed by atoms with van der Waals surface area (Å²) in [5, 5.41) is 14.3. The van der Waals surface area contributed by atoms with Gasteiger partial charge in [-0.05, 0) is 29.5 Å². The second-order valence-electron chi connectivity index (χ2n) is 4.62. The molecule has 1 unspecified atom stereocenters. The van der Waals surface area contributed by atoms with Gasteiger partial charge in [0.15, 0.2) is 0 Å². The number of nitrogens with one attached hydrogen (secondary N) is 1. The molecule has 2 aromatic rings. The number of rotatable bonds is 5. The first-order chi connectivity index (χ1) is 9.08. The Hall–Kier alpha value is -1.88. The number of carboxylic acids is 1. The molecule has 0 fully saturated rings. The van der Waals surface area contributed by atoms with Crippen LogP contribution in [-0.4, -0.2) is 16.1 Å². The van der Waals surface area contributed by atoms with Crippen molar-refractivity contribution < 1.29 is 9.90 Å². The Labute approximate surface area is 116 Å². The molecule has 0 amide bonds. The molecule has 1 atom stereocenters. The number of aromatic nitrogens is 1. The van der Waals surface area contributed by atoms with Gasteiger partial charge in [-0.1, -0.05) is 19.9 Å². The first-order valence-electron chi connectivity index (χ1n) is 6.07. The highest BCUT2D eigenvalue weighted by Gasteiger charge is 2.17. The zero-order chi connectivity index (χ0) is 13.8. The molecule has 0 radical (unpaired) electrons. The van der Waals surface area contributed by atoms with E-state index in [4.69, 9.17) is 5.11 Å². The fourth-order valence-corrected chi connectivity index (χ4v) is 2.79. The molecule has 0 spiro atoms. The van der Waals surface area contributed by atoms with Crippen LogP contribution in [0.1, 0.15) is 35.1 Å². The molecule has 0 saturated heterocycles. The Morgan fingerprint density at radius 1 is 1.42 bits per heavy atom. The van der Waals surface area contributed by atoms with E-state index in [-0.39, 0.29) is 11.6 Å². The van der Waals surface area contributed by atoms with E-state index in [0.29, 0.717) is 11.7 Å². The Balaban J connectivity index is 2.22. The molecular weight excluding hydrogens is 260 g/mol. The van der Waals surface area contributed by atoms with Crippen molar-refractivity contribution in [2.75, 3.05) is 5.32 Å². The van der Waals surface area contributed by atoms with Crippen molar-refractivity contribution in [3.05, 3.63) is 46.3 Å². The van der Waals surface area contributed by atoms with E-state index in [1.807, 2.05) is 11.4 Å². The third-order valence-electron chi connectivity index (χ3n) is 2.83. The predicted octanol–water partition coefficient (Wildman–Crippen LogP) is 3.65. The van der Waals surface area contributed by atoms with E-state index in [1.165, 1.54) is 17.1 Å². The molecule has 0 aliphatic rings. The molecule has 0 aliphatic heterocycles. The lowest BCUT2D eigenvalue weighted by Gasteiger charge is -2.21. The Kier molecular flexibility index (Phi) is 4.16. The summed E-state index contributed by atoms with van der Waals surface area (Å²) in [6, 6.07) is 7.27. The van der Waals surface area contributed by atoms with E-state index >= 15 is 0 Å². The van der Waals surface area contributed by atoms with E-state index in [2.05, 4.69) is 30.2 Å². The summed E-state index contributed by atoms with van der Waals surface area (Å²) in [4.78, 5) is 16.4. The highest BCUT2D eigenvalue weighted by atomic mass is 32.1. The van der Waals surface area contributed by atoms with Crippen LogP contribution in [0.25, 0.3) is 0 Å². The van der Waals surface area contributed by atoms with Crippen LogP contribution in [0.3, 0.4) is 0 Å². The normalized spacial score (nSPS) is 12.4. The van der Waals surface area contributed by atoms with E-state index in [0.717, 1.165) is 0 Å². The van der Waals surface area contributed by atoms with Crippen molar-refractivity contribution >= 4 is 23.1 Å². The number of aromatic carboxylic acids is 1. The molecule has 100 valence electrons. The molecule has 5 heteroatoms. The topological polar surface area (TPSA) is 62.2 Å². The third-order valence-corrected chi connectivity index (χ3v) is 3.78. The van der Waals surface area contributed by atoms with Crippen molar-refractivity contribution in [3.63, 3.8) is 0 Å². The van der Waals surface area contributed by atoms with Crippen molar-refractivity contribution in [1.82, 2.24) is 4.98 Å². The van der Waals surface area contributed by atoms with Crippen LogP contribution in [0, 0.1) is 5.92 Å². The number of nitrogens with zero attached hydrogens (tertiary/aromatic N) is 1. The van der Waals surface area contributed by atoms with Gasteiger partial charge in [-0.15, -0.1) is 11.3 Å². The molecule has 4 nitrogen and oxygen atoms in total. The molecule has 0 bridgehead atoms. The van der Waals surface area contributed by atoms with Gasteiger partial charge in [0.2, 0.25) is 0 Å². The standard InChI is InChI=1S/C14H16N2O2S/c1-9(2)13(11-4-3-7-19-11)16-12-8-10(14(17)18)5-6-15-12/h3-9,13H,1-2H3,(H,15,16)(H,17,18). The molecule has 2 aromatic heterocycles. The largest absolute Gasteiger partial charge is 0.478 e. The van der Waals surface area contributed by atoms with Gasteiger partial charge in [-0.2, -0.15) is 0 Å². The summed E-state index contributed by atoms with van der Waals surface area (Å²) in [5.74, 6) is 0.0311. The zero-order valence-corrected chi connectivity index (χ0v) is 11.6. The number of carboxylic acid groups (broad SMARTS) is 1. The molecule has 0 aromatic carbocycles. The molecular formula is C14H16N2O2S. The maximum absolute atomic E-state index is 10.9. The van der Waals surface area contributed by atoms with Gasteiger partial charge < -0.3 is 10.4 Å². The minimum Gasteiger partial charge on any atom is -0.478 e. The molecule has 19 heavy (non-hydrogen) atoms. The number of hydrogen-bond donors (Lipinski definition) is 2. The summed E-state index contributed by atoms with van der Waals surface area (Å²) in [5.41, 5.74) is 0.242. The van der Waals surface area contributed by atoms with E-state index in [1.54, 1.807) is 17.4 Å². The smallest absolute Gasteiger partial charge is 0.335 e. The van der Waals surface area contributed by atoms with Crippen LogP contribution in [-0.2, 0) is 0 Å². The lowest BCUT2D eigenvalue weighted by molar-refractivity contribution is 0.0697. The number of thiophene rings is 1. The highest BCUT2D eigenvalue weighted by Crippen LogP contribution is 2.29. The van der Waals surface area contributed by atoms with Crippen LogP contribution in [0.2, 0.25) is 0 Å². The second-order valence-corrected chi connectivity index (χ2v) is 5.60. The average Bonchev–Trinajstić information content (AvgIpc) is 2.89. The Morgan fingerprint density at radius 2 is 2.21 bits per heavy atom. The highest BCUT2D eigenvalue weighted by molar-refractivity contribution is 7.10. The predicted molar refractivity (Wildman–Crippen MR) is 76.7 cm³/mol. The zero-order valence-electron chi connectivity index (χ0n) is 10.8. The summed E-state index contributed by atoms with van der Waals surface area (Å²) in [7, 11) is 0. The number of pyridine rings is 1. The van der Waals surface area contributed by atoms with Crippen LogP contribution >= 0.6 is 11.3 Å². The second kappa shape index (κ2) is 5.84. The lowest BCUT2D eigenvalue weighted by Crippen LogP contribution is -2.16. The van der Waals surface area contributed by atoms with E-state index < -0.39 is 5.97 Å². The van der Waals surface area contributed by atoms with Gasteiger partial charge in [-0.3, -0.25) is 0 Å². The van der Waals surface area contributed by atoms with Crippen molar-refractivity contribution in [1.29, 1.82) is 0 Å². The van der Waals surface area contributed by atoms with Crippen LogP contribution in [0.5, 0.6) is 0 Å². The average molecular weight is 276 g/mol. The molecule has 0 aliphatic carbocycles. The van der Waals surface area contributed by atoms with Crippen molar-refractivity contribution in [2.24, 2.45) is 5.92 Å². The minimum absolute atomic E-state index is 0.136. The maximum atomic E-state index is 10.9. The summed E-state index contributed by atoms with van der Waals surface area (Å²) < 4.78 is 0. The van der Waals surface area contributed by atoms with Gasteiger partial charge in [0, 0.05) is 11.1 Å². The molecule has 2 rings (SSSR count). The summed E-state index contributed by atoms with van der Waals surface area (Å²) in [6.07, 6.45) is 1.51. The number of carbonyl (C=O) groups is 1. The Bertz CT molecular complexity index is 552. The van der Waals surface area contributed by atoms with Crippen LogP contribution < -0.4 is 5.32 Å². The first kappa shape index (κ1) is 13.5. The lowest BCUT2D eigenvalue weighted by atomic mass is 10.0. The third kappa shape index (κ3) is 3.32. The number of hydrogen-bond acceptors (Lipinski definition) is 4. The molecule has 0 saturated carbocycles. The van der Waals surface area contributed by atoms with Crippen LogP contribution in [0.15, 0.2) is 35.8 Å². The fourth-order valence-electron chi connectivity index (χ4n) is 1.84. The Morgan fingerprint density at radius 3 is 2.79 bits per heavy atom. The molecule has 2 N–H and O–H groups in total. The summed E-state index contributed by atoms with van der Waals surface area (Å²) in [6.45, 7) is 4.25. The van der Waals surface area contributed by atoms with Crippen LogP contribution in [0.4, 0.5) is 5.82 Å². The van der Waals surface area contributed by atoms with Gasteiger partial charge in [-0.25, -0.2) is 9.78 Å². The maximum Gasteiger partial charge on any atom is 0.335 e. The number of anilines is 1. The monoisotopic (exact) mass is 276 g/mol. The summed E-state index contributed by atoms with van der Waals surface area (Å²) >= 11 is 1.68. The van der Waals surface area contributed by atoms with Crippen molar-refractivity contribution in [2.45, 2.75) is 19.9 Å².